The van der Waals surface area contributed by atoms with Gasteiger partial charge in [-0.1, -0.05) is 23.2 Å². The molecule has 2 aliphatic carbocycles. The number of aryl methyl sites for hydroxylation is 2. The van der Waals surface area contributed by atoms with Crippen LogP contribution in [0.5, 0.6) is 0 Å². The van der Waals surface area contributed by atoms with Crippen LogP contribution in [-0.4, -0.2) is 101 Å². The fourth-order valence-corrected chi connectivity index (χ4v) is 8.89. The Balaban J connectivity index is 0.000000158. The molecule has 0 aromatic carbocycles. The number of H-pyrrole nitrogens is 1. The number of imidazole rings is 4. The number of nitrogens with zero attached hydrogens (tertiary/aromatic N) is 11. The van der Waals surface area contributed by atoms with Crippen LogP contribution in [0.15, 0.2) is 70.8 Å². The van der Waals surface area contributed by atoms with Gasteiger partial charge in [-0.05, 0) is 142 Å². The van der Waals surface area contributed by atoms with Crippen molar-refractivity contribution in [3.05, 3.63) is 104 Å². The number of ether oxygens (including phenoxy) is 3. The minimum Gasteiger partial charge on any atom is -0.465 e. The van der Waals surface area contributed by atoms with Crippen molar-refractivity contribution in [3.63, 3.8) is 0 Å². The normalized spacial score (nSPS) is 14.5. The first kappa shape index (κ1) is 55.7. The summed E-state index contributed by atoms with van der Waals surface area (Å²) >= 11 is 12.0. The van der Waals surface area contributed by atoms with Crippen LogP contribution < -0.4 is 11.4 Å². The standard InChI is InChI=1S/C25H29ClN6O3.C16H22ClN3O3.C9H9N3O.C4H8O/c1-25(2,3)23(33)35-13-5-4-12-30-18-8-9-20(26)28-22(18)29-21(30)15-31-19-14-27-11-10-17(19)32(24(31)34)16-6-7-16;1-16(2,3)15(22)23-9-5-4-8-20-11-6-7-12(17)18-14(11)19-13(20)10-21;13-9-11-7-5-10-4-3-8(7)12(9)6-1-2-6;1-2-4-5-3-1/h8-11,14,16H,4-7,12-13,15H2,1-3H3;6-7,21H,4-5,8-10H2,1-3H3;3-6H,1-2H2,(H,11,13);1-4H2. The summed E-state index contributed by atoms with van der Waals surface area (Å²) in [6, 6.07) is 11.6. The third kappa shape index (κ3) is 13.9. The fourth-order valence-electron chi connectivity index (χ4n) is 8.60. The number of halogens is 2. The Bertz CT molecular complexity index is 3400. The lowest BCUT2D eigenvalue weighted by molar-refractivity contribution is -0.153. The first-order valence-electron chi connectivity index (χ1n) is 26.1. The number of aliphatic hydroxyl groups is 1. The maximum absolute atomic E-state index is 13.4. The first-order valence-corrected chi connectivity index (χ1v) is 26.8. The van der Waals surface area contributed by atoms with Crippen LogP contribution in [0.2, 0.25) is 10.3 Å². The predicted molar refractivity (Wildman–Crippen MR) is 290 cm³/mol. The highest BCUT2D eigenvalue weighted by atomic mass is 35.5. The SMILES string of the molecule is C1CCOC1.CC(C)(C)C(=O)OCCCCn1c(CO)nc2nc(Cl)ccc21.CC(C)(C)C(=O)OCCCCn1c(Cn2c(=O)n(C3CC3)c3ccncc32)nc2nc(Cl)ccc21.O=c1[nH]c2cnccc2n1C1CC1. The van der Waals surface area contributed by atoms with E-state index in [1.807, 2.05) is 79.5 Å². The second-order valence-electron chi connectivity index (χ2n) is 21.2. The molecule has 0 amide bonds. The van der Waals surface area contributed by atoms with Crippen LogP contribution in [0.25, 0.3) is 44.4 Å². The number of unbranched alkanes of at least 4 members (excludes halogenated alkanes) is 2. The topological polar surface area (TPSA) is 234 Å². The monoisotopic (exact) mass is 1080 g/mol. The fraction of sp³-hybridized carbons (Fsp3) is 0.519. The van der Waals surface area contributed by atoms with Crippen LogP contribution in [-0.2, 0) is 50.0 Å². The lowest BCUT2D eigenvalue weighted by Gasteiger charge is -2.16. The third-order valence-electron chi connectivity index (χ3n) is 12.9. The number of hydrogen-bond donors (Lipinski definition) is 2. The Kier molecular flexibility index (Phi) is 18.1. The molecule has 22 heteroatoms. The molecule has 1 saturated heterocycles. The summed E-state index contributed by atoms with van der Waals surface area (Å²) in [4.78, 5) is 77.1. The van der Waals surface area contributed by atoms with Gasteiger partial charge in [-0.3, -0.25) is 33.3 Å². The van der Waals surface area contributed by atoms with Gasteiger partial charge in [0, 0.05) is 50.8 Å². The molecule has 9 heterocycles. The van der Waals surface area contributed by atoms with Crippen LogP contribution in [0.4, 0.5) is 0 Å². The minimum atomic E-state index is -0.513. The van der Waals surface area contributed by atoms with Gasteiger partial charge in [0.05, 0.1) is 76.1 Å². The number of esters is 2. The zero-order valence-electron chi connectivity index (χ0n) is 44.1. The van der Waals surface area contributed by atoms with E-state index in [1.165, 1.54) is 12.8 Å². The number of pyridine rings is 4. The van der Waals surface area contributed by atoms with E-state index >= 15 is 0 Å². The van der Waals surface area contributed by atoms with Gasteiger partial charge in [-0.2, -0.15) is 0 Å². The van der Waals surface area contributed by atoms with Crippen molar-refractivity contribution in [3.8, 4) is 0 Å². The van der Waals surface area contributed by atoms with E-state index < -0.39 is 10.8 Å². The maximum Gasteiger partial charge on any atom is 0.329 e. The predicted octanol–water partition coefficient (Wildman–Crippen LogP) is 9.15. The van der Waals surface area contributed by atoms with E-state index in [-0.39, 0.29) is 36.0 Å². The summed E-state index contributed by atoms with van der Waals surface area (Å²) in [5, 5.41) is 10.2. The van der Waals surface area contributed by atoms with Crippen LogP contribution in [0.1, 0.15) is 129 Å². The number of carbonyl (C=O) groups is 2. The van der Waals surface area contributed by atoms with E-state index in [4.69, 9.17) is 42.4 Å². The molecule has 0 radical (unpaired) electrons. The van der Waals surface area contributed by atoms with Crippen molar-refractivity contribution in [2.45, 2.75) is 144 Å². The quantitative estimate of drug-likeness (QED) is 0.0554. The van der Waals surface area contributed by atoms with Crippen LogP contribution in [0.3, 0.4) is 0 Å². The number of carbonyl (C=O) groups excluding carboxylic acids is 2. The lowest BCUT2D eigenvalue weighted by atomic mass is 9.97. The van der Waals surface area contributed by atoms with Crippen molar-refractivity contribution in [2.75, 3.05) is 26.4 Å². The van der Waals surface area contributed by atoms with Crippen molar-refractivity contribution in [1.29, 1.82) is 0 Å². The maximum atomic E-state index is 13.4. The number of fused-ring (bicyclic) bond motifs is 4. The summed E-state index contributed by atoms with van der Waals surface area (Å²) in [5.41, 5.74) is 5.22. The van der Waals surface area contributed by atoms with Gasteiger partial charge in [0.1, 0.15) is 28.6 Å². The molecule has 3 fully saturated rings. The molecular weight excluding hydrogens is 1020 g/mol. The highest BCUT2D eigenvalue weighted by molar-refractivity contribution is 6.30. The number of aromatic nitrogens is 12. The van der Waals surface area contributed by atoms with Crippen molar-refractivity contribution in [1.82, 2.24) is 57.7 Å². The molecule has 8 aromatic rings. The van der Waals surface area contributed by atoms with E-state index in [2.05, 4.69) is 34.5 Å². The Morgan fingerprint density at radius 3 is 1.67 bits per heavy atom. The molecule has 406 valence electrons. The smallest absolute Gasteiger partial charge is 0.329 e. The molecule has 76 heavy (non-hydrogen) atoms. The van der Waals surface area contributed by atoms with Crippen LogP contribution in [0, 0.1) is 10.8 Å². The van der Waals surface area contributed by atoms with E-state index in [0.29, 0.717) is 72.7 Å². The second-order valence-corrected chi connectivity index (χ2v) is 22.0. The second kappa shape index (κ2) is 24.7. The molecule has 20 nitrogen and oxygen atoms in total. The molecular formula is C54H68Cl2N12O8. The van der Waals surface area contributed by atoms with Gasteiger partial charge in [0.15, 0.2) is 11.3 Å². The molecule has 2 N–H and O–H groups in total. The highest BCUT2D eigenvalue weighted by Crippen LogP contribution is 2.37. The number of aromatic amines is 1. The summed E-state index contributed by atoms with van der Waals surface area (Å²) in [7, 11) is 0. The lowest BCUT2D eigenvalue weighted by Crippen LogP contribution is -2.25. The molecule has 3 aliphatic rings. The molecule has 1 aliphatic heterocycles. The Labute approximate surface area is 449 Å². The third-order valence-corrected chi connectivity index (χ3v) is 13.4. The highest BCUT2D eigenvalue weighted by Gasteiger charge is 2.30. The average Bonchev–Trinajstić information content (AvgIpc) is 4.17. The average molecular weight is 1080 g/mol. The van der Waals surface area contributed by atoms with Crippen LogP contribution >= 0.6 is 23.2 Å². The largest absolute Gasteiger partial charge is 0.465 e. The number of aliphatic hydroxyl groups excluding tert-OH is 1. The van der Waals surface area contributed by atoms with Gasteiger partial charge < -0.3 is 33.4 Å². The molecule has 8 aromatic heterocycles. The minimum absolute atomic E-state index is 0.00880. The molecule has 11 rings (SSSR count). The molecule has 0 unspecified atom stereocenters. The van der Waals surface area contributed by atoms with Gasteiger partial charge in [0.2, 0.25) is 0 Å². The summed E-state index contributed by atoms with van der Waals surface area (Å²) in [6.07, 6.45) is 16.7. The van der Waals surface area contributed by atoms with Crippen molar-refractivity contribution in [2.24, 2.45) is 10.8 Å². The molecule has 0 spiro atoms. The Hall–Kier alpha value is -6.48. The summed E-state index contributed by atoms with van der Waals surface area (Å²) in [5.74, 6) is 0.884. The van der Waals surface area contributed by atoms with Gasteiger partial charge in [0.25, 0.3) is 0 Å². The van der Waals surface area contributed by atoms with Crippen molar-refractivity contribution < 1.29 is 28.9 Å². The molecule has 0 bridgehead atoms. The van der Waals surface area contributed by atoms with E-state index in [0.717, 1.165) is 97.1 Å². The van der Waals surface area contributed by atoms with Gasteiger partial charge in [-0.15, -0.1) is 0 Å². The number of hydrogen-bond acceptors (Lipinski definition) is 14. The number of rotatable bonds is 15. The zero-order valence-corrected chi connectivity index (χ0v) is 45.6. The first-order chi connectivity index (χ1) is 36.4. The van der Waals surface area contributed by atoms with Gasteiger partial charge in [-0.25, -0.2) is 29.5 Å². The zero-order chi connectivity index (χ0) is 54.1. The number of nitrogens with one attached hydrogen (secondary N) is 1. The summed E-state index contributed by atoms with van der Waals surface area (Å²) in [6.45, 7) is 15.2. The Morgan fingerprint density at radius 1 is 0.645 bits per heavy atom. The van der Waals surface area contributed by atoms with E-state index in [9.17, 15) is 24.3 Å². The Morgan fingerprint density at radius 2 is 1.16 bits per heavy atom. The van der Waals surface area contributed by atoms with Crippen molar-refractivity contribution >= 4 is 79.5 Å². The van der Waals surface area contributed by atoms with Gasteiger partial charge >= 0.3 is 23.3 Å². The van der Waals surface area contributed by atoms with E-state index in [1.54, 1.807) is 41.5 Å². The molecule has 0 atom stereocenters. The summed E-state index contributed by atoms with van der Waals surface area (Å²) < 4.78 is 25.0. The molecule has 2 saturated carbocycles.